The number of rotatable bonds is 3. The number of fused-ring (bicyclic) bond motifs is 3. The summed E-state index contributed by atoms with van der Waals surface area (Å²) in [7, 11) is 0. The molecule has 2 aromatic rings. The number of carbonyl (C=O) groups is 1. The van der Waals surface area contributed by atoms with Gasteiger partial charge in [-0.05, 0) is 43.9 Å². The van der Waals surface area contributed by atoms with Crippen molar-refractivity contribution >= 4 is 62.4 Å². The Morgan fingerprint density at radius 3 is 2.52 bits per heavy atom. The number of hydrogen-bond acceptors (Lipinski definition) is 5. The molecule has 0 unspecified atom stereocenters. The molecule has 27 heavy (non-hydrogen) atoms. The first-order valence-electron chi connectivity index (χ1n) is 8.98. The Morgan fingerprint density at radius 2 is 1.81 bits per heavy atom. The maximum Gasteiger partial charge on any atom is 0.266 e. The highest BCUT2D eigenvalue weighted by atomic mass is 32.2. The molecule has 1 fully saturated rings. The van der Waals surface area contributed by atoms with Gasteiger partial charge in [-0.25, -0.2) is 0 Å². The van der Waals surface area contributed by atoms with Gasteiger partial charge in [-0.3, -0.25) is 9.69 Å². The van der Waals surface area contributed by atoms with Crippen LogP contribution in [0.15, 0.2) is 62.9 Å². The first-order valence-corrected chi connectivity index (χ1v) is 11.0. The Labute approximate surface area is 173 Å². The largest absolute Gasteiger partial charge is 0.335 e. The van der Waals surface area contributed by atoms with Crippen LogP contribution in [0.2, 0.25) is 0 Å². The lowest BCUT2D eigenvalue weighted by atomic mass is 10.1. The summed E-state index contributed by atoms with van der Waals surface area (Å²) in [6.45, 7) is 7.62. The molecule has 0 N–H and O–H groups in total. The minimum atomic E-state index is 0.0239. The van der Waals surface area contributed by atoms with Crippen molar-refractivity contribution in [3.63, 3.8) is 0 Å². The van der Waals surface area contributed by atoms with Gasteiger partial charge in [-0.1, -0.05) is 66.1 Å². The van der Waals surface area contributed by atoms with Crippen LogP contribution in [0.1, 0.15) is 20.8 Å². The van der Waals surface area contributed by atoms with E-state index in [4.69, 9.17) is 12.2 Å². The van der Waals surface area contributed by atoms with Crippen LogP contribution in [0.4, 0.5) is 5.69 Å². The molecule has 6 heteroatoms. The predicted molar refractivity (Wildman–Crippen MR) is 121 cm³/mol. The molecule has 2 aromatic carbocycles. The van der Waals surface area contributed by atoms with E-state index in [9.17, 15) is 4.79 Å². The molecule has 0 saturated carbocycles. The molecule has 4 rings (SSSR count). The van der Waals surface area contributed by atoms with Gasteiger partial charge in [0.05, 0.1) is 15.6 Å². The number of thioether (sulfide) groups is 2. The third-order valence-corrected chi connectivity index (χ3v) is 7.46. The van der Waals surface area contributed by atoms with Crippen molar-refractivity contribution in [1.29, 1.82) is 0 Å². The van der Waals surface area contributed by atoms with E-state index in [-0.39, 0.29) is 5.91 Å². The van der Waals surface area contributed by atoms with Gasteiger partial charge in [0.15, 0.2) is 0 Å². The third kappa shape index (κ3) is 3.10. The number of benzene rings is 2. The van der Waals surface area contributed by atoms with E-state index in [1.807, 2.05) is 13.8 Å². The van der Waals surface area contributed by atoms with Crippen LogP contribution in [0.3, 0.4) is 0 Å². The van der Waals surface area contributed by atoms with Gasteiger partial charge in [0.25, 0.3) is 5.91 Å². The molecule has 0 atom stereocenters. The first kappa shape index (κ1) is 18.6. The summed E-state index contributed by atoms with van der Waals surface area (Å²) < 4.78 is 0.649. The van der Waals surface area contributed by atoms with Gasteiger partial charge in [-0.15, -0.1) is 0 Å². The molecule has 1 amide bonds. The van der Waals surface area contributed by atoms with Crippen molar-refractivity contribution in [2.45, 2.75) is 25.7 Å². The van der Waals surface area contributed by atoms with Crippen LogP contribution in [-0.2, 0) is 4.79 Å². The number of carbonyl (C=O) groups excluding carboxylic acids is 1. The number of amides is 1. The van der Waals surface area contributed by atoms with Crippen LogP contribution in [0, 0.1) is 0 Å². The molecule has 0 aromatic heterocycles. The average molecular weight is 413 g/mol. The van der Waals surface area contributed by atoms with Crippen LogP contribution < -0.4 is 4.90 Å². The zero-order valence-corrected chi connectivity index (χ0v) is 17.9. The summed E-state index contributed by atoms with van der Waals surface area (Å²) in [5.41, 5.74) is 2.24. The number of likely N-dealkylation sites (N-methyl/N-ethyl adjacent to an activating group) is 1. The van der Waals surface area contributed by atoms with E-state index < -0.39 is 0 Å². The van der Waals surface area contributed by atoms with Crippen LogP contribution >= 0.6 is 35.7 Å². The number of thiocarbonyl (C=S) groups is 1. The van der Waals surface area contributed by atoms with Gasteiger partial charge in [0.1, 0.15) is 4.32 Å². The number of anilines is 1. The molecule has 0 aliphatic carbocycles. The minimum absolute atomic E-state index is 0.0239. The third-order valence-electron chi connectivity index (χ3n) is 4.79. The van der Waals surface area contributed by atoms with Crippen molar-refractivity contribution in [2.75, 3.05) is 18.0 Å². The average Bonchev–Trinajstić information content (AvgIpc) is 3.17. The van der Waals surface area contributed by atoms with E-state index >= 15 is 0 Å². The van der Waals surface area contributed by atoms with Crippen molar-refractivity contribution < 1.29 is 4.79 Å². The van der Waals surface area contributed by atoms with E-state index in [1.165, 1.54) is 33.1 Å². The standard InChI is InChI=1S/C21H20N2OS3/c1-4-22-17(12-13(3)19-20(24)23(5-2)21(25)27-19)26-16-11-10-14-8-6-7-9-15(14)18(16)22/h6-12H,4-5H2,1-3H3. The molecule has 2 heterocycles. The summed E-state index contributed by atoms with van der Waals surface area (Å²) in [5, 5.41) is 3.67. The van der Waals surface area contributed by atoms with Crippen LogP contribution in [-0.4, -0.2) is 28.2 Å². The summed E-state index contributed by atoms with van der Waals surface area (Å²) in [6.07, 6.45) is 2.13. The molecular formula is C21H20N2OS3. The summed E-state index contributed by atoms with van der Waals surface area (Å²) >= 11 is 8.52. The Kier molecular flexibility index (Phi) is 5.05. The molecule has 2 aliphatic heterocycles. The lowest BCUT2D eigenvalue weighted by Gasteiger charge is -2.20. The Morgan fingerprint density at radius 1 is 1.07 bits per heavy atom. The fourth-order valence-corrected chi connectivity index (χ4v) is 6.08. The zero-order chi connectivity index (χ0) is 19.1. The van der Waals surface area contributed by atoms with E-state index in [2.05, 4.69) is 54.3 Å². The molecule has 0 radical (unpaired) electrons. The quantitative estimate of drug-likeness (QED) is 0.471. The van der Waals surface area contributed by atoms with E-state index in [1.54, 1.807) is 16.7 Å². The normalized spacial score (nSPS) is 20.2. The highest BCUT2D eigenvalue weighted by molar-refractivity contribution is 8.26. The van der Waals surface area contributed by atoms with Gasteiger partial charge in [-0.2, -0.15) is 0 Å². The highest BCUT2D eigenvalue weighted by Crippen LogP contribution is 2.50. The van der Waals surface area contributed by atoms with Gasteiger partial charge in [0, 0.05) is 23.4 Å². The van der Waals surface area contributed by atoms with Crippen LogP contribution in [0.25, 0.3) is 10.8 Å². The summed E-state index contributed by atoms with van der Waals surface area (Å²) in [4.78, 5) is 18.6. The van der Waals surface area contributed by atoms with Crippen molar-refractivity contribution in [3.05, 3.63) is 58.0 Å². The lowest BCUT2D eigenvalue weighted by Crippen LogP contribution is -2.27. The molecule has 138 valence electrons. The van der Waals surface area contributed by atoms with E-state index in [0.29, 0.717) is 10.9 Å². The summed E-state index contributed by atoms with van der Waals surface area (Å²) in [5.74, 6) is 0.0239. The SMILES string of the molecule is CCN1C(=O)C(=C(C)C=C2Sc3ccc4ccccc4c3N2CC)SC1=S. The maximum absolute atomic E-state index is 12.6. The number of allylic oxidation sites excluding steroid dienone is 2. The van der Waals surface area contributed by atoms with Gasteiger partial charge in [0.2, 0.25) is 0 Å². The maximum atomic E-state index is 12.6. The first-order chi connectivity index (χ1) is 13.0. The van der Waals surface area contributed by atoms with Gasteiger partial charge < -0.3 is 4.90 Å². The second kappa shape index (κ2) is 7.34. The Balaban J connectivity index is 1.77. The fourth-order valence-electron chi connectivity index (χ4n) is 3.46. The number of nitrogens with zero attached hydrogens (tertiary/aromatic N) is 2. The smallest absolute Gasteiger partial charge is 0.266 e. The second-order valence-corrected chi connectivity index (χ2v) is 9.10. The number of hydrogen-bond donors (Lipinski definition) is 0. The molecule has 1 saturated heterocycles. The fraction of sp³-hybridized carbons (Fsp3) is 0.238. The predicted octanol–water partition coefficient (Wildman–Crippen LogP) is 5.77. The summed E-state index contributed by atoms with van der Waals surface area (Å²) in [6, 6.07) is 12.9. The molecule has 2 aliphatic rings. The molecular weight excluding hydrogens is 392 g/mol. The van der Waals surface area contributed by atoms with Crippen molar-refractivity contribution in [3.8, 4) is 0 Å². The van der Waals surface area contributed by atoms with Gasteiger partial charge >= 0.3 is 0 Å². The zero-order valence-electron chi connectivity index (χ0n) is 15.5. The Hall–Kier alpha value is -1.76. The topological polar surface area (TPSA) is 23.6 Å². The van der Waals surface area contributed by atoms with Crippen molar-refractivity contribution in [2.24, 2.45) is 0 Å². The monoisotopic (exact) mass is 412 g/mol. The Bertz CT molecular complexity index is 1030. The van der Waals surface area contributed by atoms with Crippen molar-refractivity contribution in [1.82, 2.24) is 4.90 Å². The molecule has 3 nitrogen and oxygen atoms in total. The highest BCUT2D eigenvalue weighted by Gasteiger charge is 2.33. The van der Waals surface area contributed by atoms with Crippen LogP contribution in [0.5, 0.6) is 0 Å². The lowest BCUT2D eigenvalue weighted by molar-refractivity contribution is -0.122. The second-order valence-electron chi connectivity index (χ2n) is 6.39. The van der Waals surface area contributed by atoms with E-state index in [0.717, 1.165) is 22.1 Å². The minimum Gasteiger partial charge on any atom is -0.335 e. The molecule has 0 bridgehead atoms. The molecule has 0 spiro atoms.